The summed E-state index contributed by atoms with van der Waals surface area (Å²) in [7, 11) is -3.26. The van der Waals surface area contributed by atoms with E-state index in [1.165, 1.54) is 24.3 Å². The van der Waals surface area contributed by atoms with Crippen LogP contribution in [0.3, 0.4) is 0 Å². The molecule has 0 aliphatic carbocycles. The van der Waals surface area contributed by atoms with Crippen molar-refractivity contribution in [3.63, 3.8) is 0 Å². The monoisotopic (exact) mass is 280 g/mol. The average Bonchev–Trinajstić information content (AvgIpc) is 2.35. The van der Waals surface area contributed by atoms with E-state index in [0.29, 0.717) is 5.56 Å². The molecule has 0 saturated heterocycles. The molecule has 102 valence electrons. The van der Waals surface area contributed by atoms with Crippen molar-refractivity contribution in [3.8, 4) is 6.07 Å². The topological polar surface area (TPSA) is 87.0 Å². The van der Waals surface area contributed by atoms with Crippen LogP contribution in [0.25, 0.3) is 0 Å². The van der Waals surface area contributed by atoms with Gasteiger partial charge < -0.3 is 5.32 Å². The number of nitrogens with one attached hydrogen (secondary N) is 1. The number of rotatable bonds is 4. The number of carbonyl (C=O) groups excluding carboxylic acids is 1. The van der Waals surface area contributed by atoms with Crippen molar-refractivity contribution in [2.45, 2.75) is 18.7 Å². The highest BCUT2D eigenvalue weighted by atomic mass is 32.2. The summed E-state index contributed by atoms with van der Waals surface area (Å²) in [6.07, 6.45) is 1.11. The van der Waals surface area contributed by atoms with Crippen LogP contribution in [0.4, 0.5) is 0 Å². The van der Waals surface area contributed by atoms with Crippen LogP contribution in [0.2, 0.25) is 0 Å². The SMILES string of the molecule is CC(C)(C#N)CNC(=O)c1ccc(S(C)(=O)=O)cc1. The third-order valence-electron chi connectivity index (χ3n) is 2.54. The molecule has 0 radical (unpaired) electrons. The Hall–Kier alpha value is -1.87. The van der Waals surface area contributed by atoms with E-state index >= 15 is 0 Å². The Morgan fingerprint density at radius 2 is 1.84 bits per heavy atom. The van der Waals surface area contributed by atoms with Gasteiger partial charge in [-0.1, -0.05) is 0 Å². The summed E-state index contributed by atoms with van der Waals surface area (Å²) in [5.41, 5.74) is -0.274. The van der Waals surface area contributed by atoms with Crippen molar-refractivity contribution in [2.75, 3.05) is 12.8 Å². The molecular weight excluding hydrogens is 264 g/mol. The molecule has 0 saturated carbocycles. The van der Waals surface area contributed by atoms with Crippen LogP contribution in [0.15, 0.2) is 29.2 Å². The van der Waals surface area contributed by atoms with Gasteiger partial charge in [-0.25, -0.2) is 8.42 Å². The summed E-state index contributed by atoms with van der Waals surface area (Å²) < 4.78 is 22.5. The molecule has 0 aliphatic heterocycles. The number of nitriles is 1. The van der Waals surface area contributed by atoms with Crippen LogP contribution in [0.5, 0.6) is 0 Å². The quantitative estimate of drug-likeness (QED) is 0.902. The highest BCUT2D eigenvalue weighted by Gasteiger charge is 2.18. The van der Waals surface area contributed by atoms with Crippen LogP contribution in [-0.2, 0) is 9.84 Å². The molecule has 1 rings (SSSR count). The van der Waals surface area contributed by atoms with Crippen molar-refractivity contribution >= 4 is 15.7 Å². The molecular formula is C13H16N2O3S. The van der Waals surface area contributed by atoms with E-state index in [0.717, 1.165) is 6.26 Å². The lowest BCUT2D eigenvalue weighted by atomic mass is 9.96. The van der Waals surface area contributed by atoms with Gasteiger partial charge in [0.2, 0.25) is 0 Å². The zero-order valence-electron chi connectivity index (χ0n) is 11.1. The molecule has 6 heteroatoms. The maximum Gasteiger partial charge on any atom is 0.251 e. The Morgan fingerprint density at radius 3 is 2.26 bits per heavy atom. The van der Waals surface area contributed by atoms with Crippen LogP contribution in [-0.4, -0.2) is 27.1 Å². The Morgan fingerprint density at radius 1 is 1.32 bits per heavy atom. The van der Waals surface area contributed by atoms with E-state index in [1.54, 1.807) is 13.8 Å². The number of nitrogens with zero attached hydrogens (tertiary/aromatic N) is 1. The number of hydrogen-bond acceptors (Lipinski definition) is 4. The molecule has 1 aromatic carbocycles. The van der Waals surface area contributed by atoms with E-state index < -0.39 is 15.3 Å². The summed E-state index contributed by atoms with van der Waals surface area (Å²) in [5, 5.41) is 11.5. The highest BCUT2D eigenvalue weighted by Crippen LogP contribution is 2.13. The number of amides is 1. The van der Waals surface area contributed by atoms with Crippen molar-refractivity contribution in [2.24, 2.45) is 5.41 Å². The first-order valence-corrected chi connectivity index (χ1v) is 7.54. The first-order chi connectivity index (χ1) is 8.65. The standard InChI is InChI=1S/C13H16N2O3S/c1-13(2,8-14)9-15-12(16)10-4-6-11(7-5-10)19(3,17)18/h4-7H,9H2,1-3H3,(H,15,16). The molecule has 0 unspecified atom stereocenters. The number of sulfone groups is 1. The molecule has 1 amide bonds. The second-order valence-corrected chi connectivity index (χ2v) is 6.99. The second-order valence-electron chi connectivity index (χ2n) is 4.97. The lowest BCUT2D eigenvalue weighted by molar-refractivity contribution is 0.0943. The van der Waals surface area contributed by atoms with Gasteiger partial charge in [0.05, 0.1) is 16.4 Å². The number of carbonyl (C=O) groups is 1. The summed E-state index contributed by atoms with van der Waals surface area (Å²) in [6, 6.07) is 7.76. The average molecular weight is 280 g/mol. The molecule has 19 heavy (non-hydrogen) atoms. The molecule has 5 nitrogen and oxygen atoms in total. The maximum absolute atomic E-state index is 11.8. The van der Waals surface area contributed by atoms with E-state index in [1.807, 2.05) is 0 Å². The van der Waals surface area contributed by atoms with Gasteiger partial charge in [-0.2, -0.15) is 5.26 Å². The van der Waals surface area contributed by atoms with Gasteiger partial charge in [0.25, 0.3) is 5.91 Å². The Balaban J connectivity index is 2.78. The minimum atomic E-state index is -3.26. The van der Waals surface area contributed by atoms with Crippen LogP contribution in [0, 0.1) is 16.7 Å². The van der Waals surface area contributed by atoms with Gasteiger partial charge in [-0.3, -0.25) is 4.79 Å². The largest absolute Gasteiger partial charge is 0.350 e. The summed E-state index contributed by atoms with van der Waals surface area (Å²) in [4.78, 5) is 12.0. The van der Waals surface area contributed by atoms with Gasteiger partial charge in [-0.15, -0.1) is 0 Å². The zero-order valence-corrected chi connectivity index (χ0v) is 11.9. The van der Waals surface area contributed by atoms with Crippen molar-refractivity contribution in [3.05, 3.63) is 29.8 Å². The van der Waals surface area contributed by atoms with Gasteiger partial charge in [0.15, 0.2) is 9.84 Å². The minimum Gasteiger partial charge on any atom is -0.350 e. The predicted molar refractivity (Wildman–Crippen MR) is 71.3 cm³/mol. The van der Waals surface area contributed by atoms with E-state index in [9.17, 15) is 13.2 Å². The summed E-state index contributed by atoms with van der Waals surface area (Å²) in [5.74, 6) is -0.330. The molecule has 1 N–H and O–H groups in total. The third kappa shape index (κ3) is 4.38. The molecule has 0 fully saturated rings. The fourth-order valence-corrected chi connectivity index (χ4v) is 1.93. The smallest absolute Gasteiger partial charge is 0.251 e. The van der Waals surface area contributed by atoms with Crippen molar-refractivity contribution in [1.82, 2.24) is 5.32 Å². The number of benzene rings is 1. The first-order valence-electron chi connectivity index (χ1n) is 5.65. The third-order valence-corrected chi connectivity index (χ3v) is 3.67. The van der Waals surface area contributed by atoms with E-state index in [2.05, 4.69) is 11.4 Å². The van der Waals surface area contributed by atoms with Gasteiger partial charge >= 0.3 is 0 Å². The van der Waals surface area contributed by atoms with Gasteiger partial charge in [0, 0.05) is 18.4 Å². The maximum atomic E-state index is 11.8. The second kappa shape index (κ2) is 5.41. The summed E-state index contributed by atoms with van der Waals surface area (Å²) in [6.45, 7) is 3.68. The molecule has 0 aromatic heterocycles. The molecule has 0 atom stereocenters. The molecule has 0 heterocycles. The lowest BCUT2D eigenvalue weighted by Gasteiger charge is -2.15. The van der Waals surface area contributed by atoms with Crippen molar-refractivity contribution < 1.29 is 13.2 Å². The molecule has 0 bridgehead atoms. The highest BCUT2D eigenvalue weighted by molar-refractivity contribution is 7.90. The zero-order chi connectivity index (χ0) is 14.7. The Kier molecular flexibility index (Phi) is 4.32. The first kappa shape index (κ1) is 15.2. The number of hydrogen-bond donors (Lipinski definition) is 1. The van der Waals surface area contributed by atoms with E-state index in [-0.39, 0.29) is 17.3 Å². The van der Waals surface area contributed by atoms with Crippen LogP contribution >= 0.6 is 0 Å². The van der Waals surface area contributed by atoms with Gasteiger partial charge in [0.1, 0.15) is 0 Å². The molecule has 0 aliphatic rings. The van der Waals surface area contributed by atoms with Crippen LogP contribution in [0.1, 0.15) is 24.2 Å². The summed E-state index contributed by atoms with van der Waals surface area (Å²) >= 11 is 0. The fourth-order valence-electron chi connectivity index (χ4n) is 1.30. The fraction of sp³-hybridized carbons (Fsp3) is 0.385. The Labute approximate surface area is 113 Å². The van der Waals surface area contributed by atoms with Gasteiger partial charge in [-0.05, 0) is 38.1 Å². The van der Waals surface area contributed by atoms with E-state index in [4.69, 9.17) is 5.26 Å². The predicted octanol–water partition coefficient (Wildman–Crippen LogP) is 1.37. The lowest BCUT2D eigenvalue weighted by Crippen LogP contribution is -2.33. The molecule has 0 spiro atoms. The molecule has 1 aromatic rings. The minimum absolute atomic E-state index is 0.168. The normalized spacial score (nSPS) is 11.7. The van der Waals surface area contributed by atoms with Crippen molar-refractivity contribution in [1.29, 1.82) is 5.26 Å². The van der Waals surface area contributed by atoms with Crippen LogP contribution < -0.4 is 5.32 Å². The Bertz CT molecular complexity index is 610.